The van der Waals surface area contributed by atoms with Crippen LogP contribution in [0.5, 0.6) is 0 Å². The molecule has 1 aliphatic heterocycles. The topological polar surface area (TPSA) is 40.9 Å². The molecule has 1 aromatic carbocycles. The van der Waals surface area contributed by atoms with Gasteiger partial charge in [0.25, 0.3) is 0 Å². The van der Waals surface area contributed by atoms with E-state index in [1.807, 2.05) is 46.8 Å². The number of fused-ring (bicyclic) bond motifs is 1. The Bertz CT molecular complexity index is 789. The number of carbonyl (C=O) groups is 1. The molecule has 0 aliphatic carbocycles. The van der Waals surface area contributed by atoms with Gasteiger partial charge in [-0.25, -0.2) is 4.98 Å². The molecule has 0 atom stereocenters. The fourth-order valence-corrected chi connectivity index (χ4v) is 3.84. The van der Waals surface area contributed by atoms with Gasteiger partial charge in [0.05, 0.1) is 12.1 Å². The van der Waals surface area contributed by atoms with Crippen molar-refractivity contribution in [2.45, 2.75) is 13.0 Å². The third-order valence-corrected chi connectivity index (χ3v) is 5.22. The number of rotatable bonds is 4. The number of piperazine rings is 1. The van der Waals surface area contributed by atoms with Crippen LogP contribution in [0.3, 0.4) is 0 Å². The Balaban J connectivity index is 1.30. The average Bonchev–Trinajstić information content (AvgIpc) is 3.18. The van der Waals surface area contributed by atoms with Gasteiger partial charge in [0, 0.05) is 50.5 Å². The first-order valence-electron chi connectivity index (χ1n) is 8.23. The van der Waals surface area contributed by atoms with E-state index in [0.29, 0.717) is 6.42 Å². The Kier molecular flexibility index (Phi) is 4.32. The zero-order valence-electron chi connectivity index (χ0n) is 13.5. The Labute approximate surface area is 145 Å². The normalized spacial score (nSPS) is 15.9. The van der Waals surface area contributed by atoms with Crippen LogP contribution in [0.1, 0.15) is 11.3 Å². The largest absolute Gasteiger partial charge is 0.340 e. The molecular formula is C18H20N4OS. The van der Waals surface area contributed by atoms with Gasteiger partial charge in [-0.3, -0.25) is 14.1 Å². The van der Waals surface area contributed by atoms with Gasteiger partial charge >= 0.3 is 0 Å². The van der Waals surface area contributed by atoms with E-state index in [4.69, 9.17) is 0 Å². The molecule has 0 spiro atoms. The van der Waals surface area contributed by atoms with Gasteiger partial charge in [-0.05, 0) is 5.56 Å². The number of imidazole rings is 1. The summed E-state index contributed by atoms with van der Waals surface area (Å²) >= 11 is 1.66. The van der Waals surface area contributed by atoms with E-state index in [2.05, 4.69) is 20.5 Å². The average molecular weight is 340 g/mol. The number of benzene rings is 1. The predicted octanol–water partition coefficient (Wildman–Crippen LogP) is 2.28. The summed E-state index contributed by atoms with van der Waals surface area (Å²) in [6, 6.07) is 9.97. The van der Waals surface area contributed by atoms with E-state index >= 15 is 0 Å². The van der Waals surface area contributed by atoms with Crippen LogP contribution >= 0.6 is 11.3 Å². The minimum absolute atomic E-state index is 0.225. The van der Waals surface area contributed by atoms with E-state index < -0.39 is 0 Å². The highest BCUT2D eigenvalue weighted by Crippen LogP contribution is 2.14. The zero-order valence-corrected chi connectivity index (χ0v) is 14.3. The van der Waals surface area contributed by atoms with Crippen LogP contribution in [-0.4, -0.2) is 51.3 Å². The predicted molar refractivity (Wildman–Crippen MR) is 95.1 cm³/mol. The Morgan fingerprint density at radius 1 is 1.12 bits per heavy atom. The highest BCUT2D eigenvalue weighted by molar-refractivity contribution is 7.15. The molecule has 1 aliphatic rings. The fraction of sp³-hybridized carbons (Fsp3) is 0.333. The molecule has 0 saturated carbocycles. The summed E-state index contributed by atoms with van der Waals surface area (Å²) in [6.07, 6.45) is 4.63. The molecule has 3 aromatic rings. The Hall–Kier alpha value is -2.18. The van der Waals surface area contributed by atoms with Gasteiger partial charge in [-0.1, -0.05) is 30.3 Å². The first-order chi connectivity index (χ1) is 11.8. The quantitative estimate of drug-likeness (QED) is 0.732. The minimum atomic E-state index is 0.225. The number of amides is 1. The van der Waals surface area contributed by atoms with Crippen molar-refractivity contribution in [3.8, 4) is 0 Å². The van der Waals surface area contributed by atoms with E-state index in [1.165, 1.54) is 0 Å². The first-order valence-corrected chi connectivity index (χ1v) is 9.11. The second-order valence-electron chi connectivity index (χ2n) is 6.14. The number of thiazole rings is 1. The van der Waals surface area contributed by atoms with Crippen molar-refractivity contribution >= 4 is 22.2 Å². The summed E-state index contributed by atoms with van der Waals surface area (Å²) in [5.74, 6) is 0.225. The highest BCUT2D eigenvalue weighted by atomic mass is 32.1. The van der Waals surface area contributed by atoms with Crippen LogP contribution in [0, 0.1) is 0 Å². The van der Waals surface area contributed by atoms with Gasteiger partial charge < -0.3 is 4.90 Å². The third kappa shape index (κ3) is 3.34. The molecule has 3 heterocycles. The van der Waals surface area contributed by atoms with Gasteiger partial charge in [-0.15, -0.1) is 11.3 Å². The van der Waals surface area contributed by atoms with E-state index in [9.17, 15) is 4.79 Å². The number of aromatic nitrogens is 2. The standard InChI is InChI=1S/C18H20N4OS/c23-17(12-15-4-2-1-3-5-15)21-8-6-20(7-9-21)13-16-14-22-10-11-24-18(22)19-16/h1-5,10-11,14H,6-9,12-13H2. The second kappa shape index (κ2) is 6.75. The molecule has 6 heteroatoms. The molecule has 0 N–H and O–H groups in total. The fourth-order valence-electron chi connectivity index (χ4n) is 3.12. The highest BCUT2D eigenvalue weighted by Gasteiger charge is 2.21. The molecule has 124 valence electrons. The van der Waals surface area contributed by atoms with E-state index in [0.717, 1.165) is 48.9 Å². The van der Waals surface area contributed by atoms with Crippen LogP contribution < -0.4 is 0 Å². The first kappa shape index (κ1) is 15.4. The number of nitrogens with zero attached hydrogens (tertiary/aromatic N) is 4. The minimum Gasteiger partial charge on any atom is -0.340 e. The summed E-state index contributed by atoms with van der Waals surface area (Å²) < 4.78 is 2.07. The molecule has 1 fully saturated rings. The van der Waals surface area contributed by atoms with Crippen LogP contribution in [0.25, 0.3) is 4.96 Å². The maximum Gasteiger partial charge on any atom is 0.227 e. The van der Waals surface area contributed by atoms with Crippen LogP contribution in [0.4, 0.5) is 0 Å². The number of hydrogen-bond donors (Lipinski definition) is 0. The molecule has 0 radical (unpaired) electrons. The Morgan fingerprint density at radius 2 is 1.92 bits per heavy atom. The van der Waals surface area contributed by atoms with Crippen molar-refractivity contribution in [3.63, 3.8) is 0 Å². The summed E-state index contributed by atoms with van der Waals surface area (Å²) in [6.45, 7) is 4.27. The maximum atomic E-state index is 12.4. The maximum absolute atomic E-state index is 12.4. The number of hydrogen-bond acceptors (Lipinski definition) is 4. The van der Waals surface area contributed by atoms with Crippen molar-refractivity contribution in [1.82, 2.24) is 19.2 Å². The van der Waals surface area contributed by atoms with Crippen LogP contribution in [0.2, 0.25) is 0 Å². The molecule has 1 saturated heterocycles. The van der Waals surface area contributed by atoms with Crippen molar-refractivity contribution in [1.29, 1.82) is 0 Å². The molecule has 0 bridgehead atoms. The van der Waals surface area contributed by atoms with Crippen LogP contribution in [0.15, 0.2) is 48.1 Å². The lowest BCUT2D eigenvalue weighted by Crippen LogP contribution is -2.48. The SMILES string of the molecule is O=C(Cc1ccccc1)N1CCN(Cc2cn3ccsc3n2)CC1. The lowest BCUT2D eigenvalue weighted by atomic mass is 10.1. The molecule has 0 unspecified atom stereocenters. The van der Waals surface area contributed by atoms with E-state index in [-0.39, 0.29) is 5.91 Å². The third-order valence-electron chi connectivity index (χ3n) is 4.45. The molecule has 1 amide bonds. The zero-order chi connectivity index (χ0) is 16.4. The molecular weight excluding hydrogens is 320 g/mol. The summed E-state index contributed by atoms with van der Waals surface area (Å²) in [5.41, 5.74) is 2.19. The molecule has 24 heavy (non-hydrogen) atoms. The van der Waals surface area contributed by atoms with Gasteiger partial charge in [0.1, 0.15) is 0 Å². The lowest BCUT2D eigenvalue weighted by molar-refractivity contribution is -0.132. The summed E-state index contributed by atoms with van der Waals surface area (Å²) in [4.78, 5) is 22.4. The Morgan fingerprint density at radius 3 is 2.67 bits per heavy atom. The van der Waals surface area contributed by atoms with Crippen molar-refractivity contribution in [2.24, 2.45) is 0 Å². The molecule has 2 aromatic heterocycles. The van der Waals surface area contributed by atoms with Gasteiger partial charge in [0.2, 0.25) is 5.91 Å². The van der Waals surface area contributed by atoms with Gasteiger partial charge in [0.15, 0.2) is 4.96 Å². The van der Waals surface area contributed by atoms with Crippen molar-refractivity contribution in [3.05, 3.63) is 59.4 Å². The van der Waals surface area contributed by atoms with Crippen molar-refractivity contribution in [2.75, 3.05) is 26.2 Å². The number of carbonyl (C=O) groups excluding carboxylic acids is 1. The molecule has 5 nitrogen and oxygen atoms in total. The van der Waals surface area contributed by atoms with E-state index in [1.54, 1.807) is 11.3 Å². The van der Waals surface area contributed by atoms with Crippen LogP contribution in [-0.2, 0) is 17.8 Å². The molecule has 4 rings (SSSR count). The smallest absolute Gasteiger partial charge is 0.227 e. The van der Waals surface area contributed by atoms with Gasteiger partial charge in [-0.2, -0.15) is 0 Å². The lowest BCUT2D eigenvalue weighted by Gasteiger charge is -2.34. The van der Waals surface area contributed by atoms with Crippen molar-refractivity contribution < 1.29 is 4.79 Å². The monoisotopic (exact) mass is 340 g/mol. The summed E-state index contributed by atoms with van der Waals surface area (Å²) in [5, 5.41) is 2.04. The second-order valence-corrected chi connectivity index (χ2v) is 7.02. The summed E-state index contributed by atoms with van der Waals surface area (Å²) in [7, 11) is 0.